The van der Waals surface area contributed by atoms with E-state index in [1.54, 1.807) is 11.3 Å². The van der Waals surface area contributed by atoms with Gasteiger partial charge in [-0.1, -0.05) is 51.5 Å². The van der Waals surface area contributed by atoms with Crippen LogP contribution in [0.5, 0.6) is 0 Å². The average Bonchev–Trinajstić information content (AvgIpc) is 3.11. The zero-order chi connectivity index (χ0) is 19.8. The molecule has 0 radical (unpaired) electrons. The van der Waals surface area contributed by atoms with Gasteiger partial charge in [-0.2, -0.15) is 0 Å². The summed E-state index contributed by atoms with van der Waals surface area (Å²) >= 11 is 1.71. The molecule has 28 heavy (non-hydrogen) atoms. The van der Waals surface area contributed by atoms with E-state index in [4.69, 9.17) is 4.98 Å². The Morgan fingerprint density at radius 1 is 0.964 bits per heavy atom. The fourth-order valence-electron chi connectivity index (χ4n) is 3.32. The molecule has 2 aromatic carbocycles. The van der Waals surface area contributed by atoms with Crippen molar-refractivity contribution >= 4 is 33.1 Å². The van der Waals surface area contributed by atoms with E-state index in [1.807, 2.05) is 24.3 Å². The number of amides is 1. The molecule has 1 amide bonds. The summed E-state index contributed by atoms with van der Waals surface area (Å²) in [5, 5.41) is 4.03. The minimum absolute atomic E-state index is 0.108. The van der Waals surface area contributed by atoms with Crippen LogP contribution in [0, 0.1) is 6.92 Å². The third-order valence-electron chi connectivity index (χ3n) is 4.97. The van der Waals surface area contributed by atoms with Gasteiger partial charge in [-0.25, -0.2) is 4.98 Å². The largest absolute Gasteiger partial charge is 0.326 e. The van der Waals surface area contributed by atoms with Gasteiger partial charge in [0, 0.05) is 17.7 Å². The highest BCUT2D eigenvalue weighted by Crippen LogP contribution is 2.31. The summed E-state index contributed by atoms with van der Waals surface area (Å²) in [5.41, 5.74) is 4.23. The number of nitrogens with zero attached hydrogens (tertiary/aromatic N) is 1. The molecule has 4 heteroatoms. The van der Waals surface area contributed by atoms with Gasteiger partial charge in [0.1, 0.15) is 5.01 Å². The Balaban J connectivity index is 1.48. The Bertz CT molecular complexity index is 899. The first kappa shape index (κ1) is 20.5. The number of carbonyl (C=O) groups is 1. The van der Waals surface area contributed by atoms with Crippen molar-refractivity contribution in [3.8, 4) is 10.6 Å². The van der Waals surface area contributed by atoms with E-state index >= 15 is 0 Å². The molecule has 0 bridgehead atoms. The van der Waals surface area contributed by atoms with E-state index in [9.17, 15) is 4.79 Å². The van der Waals surface area contributed by atoms with E-state index < -0.39 is 0 Å². The fourth-order valence-corrected chi connectivity index (χ4v) is 4.39. The van der Waals surface area contributed by atoms with Gasteiger partial charge >= 0.3 is 0 Å². The topological polar surface area (TPSA) is 42.0 Å². The van der Waals surface area contributed by atoms with Crippen LogP contribution in [0.15, 0.2) is 42.5 Å². The second kappa shape index (κ2) is 10.4. The van der Waals surface area contributed by atoms with Crippen LogP contribution in [0.3, 0.4) is 0 Å². The van der Waals surface area contributed by atoms with Crippen molar-refractivity contribution in [2.45, 2.75) is 65.2 Å². The number of rotatable bonds is 10. The molecular weight excluding hydrogens is 364 g/mol. The van der Waals surface area contributed by atoms with Crippen LogP contribution in [0.1, 0.15) is 63.9 Å². The standard InChI is InChI=1S/C24H30N2OS/c1-3-4-5-6-7-8-9-10-23(27)25-20-14-12-19(13-15-20)24-26-21-16-11-18(2)17-22(21)28-24/h11-17H,3-10H2,1-2H3,(H,25,27). The number of anilines is 1. The van der Waals surface area contributed by atoms with Gasteiger partial charge in [0.05, 0.1) is 10.2 Å². The van der Waals surface area contributed by atoms with Gasteiger partial charge < -0.3 is 5.32 Å². The summed E-state index contributed by atoms with van der Waals surface area (Å²) in [5.74, 6) is 0.108. The minimum atomic E-state index is 0.108. The maximum absolute atomic E-state index is 12.1. The van der Waals surface area contributed by atoms with Crippen molar-refractivity contribution in [3.63, 3.8) is 0 Å². The number of benzene rings is 2. The van der Waals surface area contributed by atoms with Gasteiger partial charge in [-0.3, -0.25) is 4.79 Å². The van der Waals surface area contributed by atoms with Crippen molar-refractivity contribution in [3.05, 3.63) is 48.0 Å². The summed E-state index contributed by atoms with van der Waals surface area (Å²) in [6.45, 7) is 4.33. The van der Waals surface area contributed by atoms with E-state index in [0.29, 0.717) is 6.42 Å². The van der Waals surface area contributed by atoms with Crippen LogP contribution >= 0.6 is 11.3 Å². The smallest absolute Gasteiger partial charge is 0.224 e. The van der Waals surface area contributed by atoms with Gasteiger partial charge in [-0.15, -0.1) is 11.3 Å². The SMILES string of the molecule is CCCCCCCCCC(=O)Nc1ccc(-c2nc3ccc(C)cc3s2)cc1. The number of hydrogen-bond donors (Lipinski definition) is 1. The van der Waals surface area contributed by atoms with E-state index in [2.05, 4.69) is 37.4 Å². The molecule has 3 aromatic rings. The first-order valence-electron chi connectivity index (χ1n) is 10.4. The first-order valence-corrected chi connectivity index (χ1v) is 11.2. The minimum Gasteiger partial charge on any atom is -0.326 e. The van der Waals surface area contributed by atoms with Crippen molar-refractivity contribution < 1.29 is 4.79 Å². The molecule has 0 saturated heterocycles. The number of carbonyl (C=O) groups excluding carboxylic acids is 1. The number of thiazole rings is 1. The highest BCUT2D eigenvalue weighted by molar-refractivity contribution is 7.21. The second-order valence-electron chi connectivity index (χ2n) is 7.49. The molecule has 0 aliphatic carbocycles. The Kier molecular flexibility index (Phi) is 7.61. The summed E-state index contributed by atoms with van der Waals surface area (Å²) in [7, 11) is 0. The fraction of sp³-hybridized carbons (Fsp3) is 0.417. The molecule has 3 rings (SSSR count). The molecular formula is C24H30N2OS. The second-order valence-corrected chi connectivity index (χ2v) is 8.52. The molecule has 0 atom stereocenters. The Labute approximate surface area is 172 Å². The predicted molar refractivity (Wildman–Crippen MR) is 121 cm³/mol. The molecule has 1 heterocycles. The molecule has 1 N–H and O–H groups in total. The number of fused-ring (bicyclic) bond motifs is 1. The molecule has 0 aliphatic rings. The summed E-state index contributed by atoms with van der Waals surface area (Å²) in [6.07, 6.45) is 9.18. The highest BCUT2D eigenvalue weighted by atomic mass is 32.1. The van der Waals surface area contributed by atoms with Crippen LogP contribution in [0.4, 0.5) is 5.69 Å². The first-order chi connectivity index (χ1) is 13.7. The Morgan fingerprint density at radius 3 is 2.43 bits per heavy atom. The highest BCUT2D eigenvalue weighted by Gasteiger charge is 2.07. The van der Waals surface area contributed by atoms with Crippen LogP contribution < -0.4 is 5.32 Å². The zero-order valence-electron chi connectivity index (χ0n) is 17.0. The summed E-state index contributed by atoms with van der Waals surface area (Å²) in [6, 6.07) is 14.3. The summed E-state index contributed by atoms with van der Waals surface area (Å²) in [4.78, 5) is 16.9. The number of nitrogens with one attached hydrogen (secondary N) is 1. The normalized spacial score (nSPS) is 11.1. The van der Waals surface area contributed by atoms with Crippen molar-refractivity contribution in [1.82, 2.24) is 4.98 Å². The number of hydrogen-bond acceptors (Lipinski definition) is 3. The third kappa shape index (κ3) is 5.90. The van der Waals surface area contributed by atoms with Crippen molar-refractivity contribution in [2.24, 2.45) is 0 Å². The number of aromatic nitrogens is 1. The lowest BCUT2D eigenvalue weighted by atomic mass is 10.1. The quantitative estimate of drug-likeness (QED) is 0.365. The summed E-state index contributed by atoms with van der Waals surface area (Å²) < 4.78 is 1.21. The molecule has 3 nitrogen and oxygen atoms in total. The lowest BCUT2D eigenvalue weighted by molar-refractivity contribution is -0.116. The Morgan fingerprint density at radius 2 is 1.68 bits per heavy atom. The van der Waals surface area contributed by atoms with Crippen LogP contribution in [0.25, 0.3) is 20.8 Å². The Hall–Kier alpha value is -2.20. The van der Waals surface area contributed by atoms with Gasteiger partial charge in [0.2, 0.25) is 5.91 Å². The molecule has 0 aliphatic heterocycles. The van der Waals surface area contributed by atoms with Crippen LogP contribution in [-0.2, 0) is 4.79 Å². The van der Waals surface area contributed by atoms with Crippen LogP contribution in [-0.4, -0.2) is 10.9 Å². The molecule has 1 aromatic heterocycles. The lowest BCUT2D eigenvalue weighted by Gasteiger charge is -2.06. The van der Waals surface area contributed by atoms with Crippen molar-refractivity contribution in [1.29, 1.82) is 0 Å². The number of aryl methyl sites for hydroxylation is 1. The molecule has 0 fully saturated rings. The van der Waals surface area contributed by atoms with Gasteiger partial charge in [0.15, 0.2) is 0 Å². The third-order valence-corrected chi connectivity index (χ3v) is 6.03. The zero-order valence-corrected chi connectivity index (χ0v) is 17.8. The van der Waals surface area contributed by atoms with E-state index in [1.165, 1.54) is 42.4 Å². The van der Waals surface area contributed by atoms with Gasteiger partial charge in [-0.05, 0) is 55.3 Å². The maximum Gasteiger partial charge on any atom is 0.224 e. The molecule has 0 saturated carbocycles. The van der Waals surface area contributed by atoms with E-state index in [-0.39, 0.29) is 5.91 Å². The molecule has 148 valence electrons. The molecule has 0 spiro atoms. The maximum atomic E-state index is 12.1. The van der Waals surface area contributed by atoms with Gasteiger partial charge in [0.25, 0.3) is 0 Å². The lowest BCUT2D eigenvalue weighted by Crippen LogP contribution is -2.10. The van der Waals surface area contributed by atoms with Crippen LogP contribution in [0.2, 0.25) is 0 Å². The van der Waals surface area contributed by atoms with Crippen molar-refractivity contribution in [2.75, 3.05) is 5.32 Å². The van der Waals surface area contributed by atoms with E-state index in [0.717, 1.165) is 34.6 Å². The predicted octanol–water partition coefficient (Wildman–Crippen LogP) is 7.35. The molecule has 0 unspecified atom stereocenters. The number of unbranched alkanes of at least 4 members (excludes halogenated alkanes) is 6. The average molecular weight is 395 g/mol. The monoisotopic (exact) mass is 394 g/mol.